The van der Waals surface area contributed by atoms with Crippen LogP contribution in [0, 0.1) is 0 Å². The first-order valence-corrected chi connectivity index (χ1v) is 5.61. The maximum atomic E-state index is 11.6. The van der Waals surface area contributed by atoms with Gasteiger partial charge in [-0.15, -0.1) is 0 Å². The van der Waals surface area contributed by atoms with Gasteiger partial charge in [0.25, 0.3) is 5.56 Å². The zero-order valence-corrected chi connectivity index (χ0v) is 10.9. The third-order valence-corrected chi connectivity index (χ3v) is 2.57. The summed E-state index contributed by atoms with van der Waals surface area (Å²) in [5, 5.41) is 0.635. The molecule has 1 amide bonds. The highest BCUT2D eigenvalue weighted by atomic mass is 16.6. The van der Waals surface area contributed by atoms with Crippen molar-refractivity contribution in [1.82, 2.24) is 9.88 Å². The molecule has 1 aromatic carbocycles. The van der Waals surface area contributed by atoms with Crippen LogP contribution in [0.2, 0.25) is 0 Å². The highest BCUT2D eigenvalue weighted by Crippen LogP contribution is 2.26. The largest absolute Gasteiger partial charge is 0.497 e. The number of benzene rings is 1. The lowest BCUT2D eigenvalue weighted by atomic mass is 10.2. The molecule has 6 nitrogen and oxygen atoms in total. The number of nitrogens with zero attached hydrogens (tertiary/aromatic N) is 1. The second-order valence-electron chi connectivity index (χ2n) is 4.17. The molecule has 2 rings (SSSR count). The molecule has 0 atom stereocenters. The second kappa shape index (κ2) is 5.01. The summed E-state index contributed by atoms with van der Waals surface area (Å²) < 4.78 is 10.3. The van der Waals surface area contributed by atoms with E-state index in [4.69, 9.17) is 9.47 Å². The van der Waals surface area contributed by atoms with Gasteiger partial charge in [-0.05, 0) is 12.1 Å². The Morgan fingerprint density at radius 3 is 2.63 bits per heavy atom. The lowest BCUT2D eigenvalue weighted by Crippen LogP contribution is -2.25. The summed E-state index contributed by atoms with van der Waals surface area (Å²) in [5.74, 6) is 0.833. The number of ether oxygens (including phenoxy) is 2. The Kier molecular flexibility index (Phi) is 3.41. The van der Waals surface area contributed by atoms with Gasteiger partial charge in [0.15, 0.2) is 0 Å². The minimum atomic E-state index is -0.539. The molecule has 0 aliphatic rings. The van der Waals surface area contributed by atoms with Gasteiger partial charge in [0, 0.05) is 31.6 Å². The van der Waals surface area contributed by atoms with E-state index in [1.54, 1.807) is 32.3 Å². The summed E-state index contributed by atoms with van der Waals surface area (Å²) >= 11 is 0. The first-order valence-electron chi connectivity index (χ1n) is 5.61. The third-order valence-electron chi connectivity index (χ3n) is 2.57. The molecule has 1 N–H and O–H groups in total. The highest BCUT2D eigenvalue weighted by Gasteiger charge is 2.11. The topological polar surface area (TPSA) is 71.6 Å². The van der Waals surface area contributed by atoms with E-state index >= 15 is 0 Å². The fourth-order valence-electron chi connectivity index (χ4n) is 1.60. The first-order chi connectivity index (χ1) is 9.01. The molecule has 100 valence electrons. The first kappa shape index (κ1) is 12.9. The number of carbonyl (C=O) groups excluding carboxylic acids is 1. The predicted octanol–water partition coefficient (Wildman–Crippen LogP) is 1.60. The van der Waals surface area contributed by atoms with Crippen molar-refractivity contribution in [3.05, 3.63) is 34.6 Å². The number of hydrogen-bond acceptors (Lipinski definition) is 4. The fraction of sp³-hybridized carbons (Fsp3) is 0.231. The molecular formula is C13H14N2O4. The maximum absolute atomic E-state index is 11.6. The number of fused-ring (bicyclic) bond motifs is 1. The van der Waals surface area contributed by atoms with Crippen molar-refractivity contribution in [2.45, 2.75) is 0 Å². The standard InChI is InChI=1S/C13H14N2O4/c1-15(2)13(17)19-11-7-12(16)14-10-6-8(18-3)4-5-9(10)11/h4-7H,1-3H3,(H,14,16). The number of aromatic nitrogens is 1. The van der Waals surface area contributed by atoms with Gasteiger partial charge in [0.2, 0.25) is 0 Å². The van der Waals surface area contributed by atoms with Crippen LogP contribution < -0.4 is 15.0 Å². The molecule has 0 saturated heterocycles. The van der Waals surface area contributed by atoms with Crippen LogP contribution in [0.4, 0.5) is 4.79 Å². The number of rotatable bonds is 2. The van der Waals surface area contributed by atoms with Gasteiger partial charge in [-0.3, -0.25) is 4.79 Å². The second-order valence-corrected chi connectivity index (χ2v) is 4.17. The van der Waals surface area contributed by atoms with Crippen LogP contribution in [0.25, 0.3) is 10.9 Å². The van der Waals surface area contributed by atoms with E-state index in [1.807, 2.05) is 0 Å². The Bertz CT molecular complexity index is 676. The van der Waals surface area contributed by atoms with E-state index < -0.39 is 6.09 Å². The van der Waals surface area contributed by atoms with Crippen molar-refractivity contribution in [2.75, 3.05) is 21.2 Å². The van der Waals surface area contributed by atoms with Crippen LogP contribution in [0.1, 0.15) is 0 Å². The van der Waals surface area contributed by atoms with E-state index in [0.717, 1.165) is 0 Å². The van der Waals surface area contributed by atoms with E-state index in [1.165, 1.54) is 18.1 Å². The molecule has 1 aromatic heterocycles. The molecular weight excluding hydrogens is 248 g/mol. The predicted molar refractivity (Wildman–Crippen MR) is 70.8 cm³/mol. The Morgan fingerprint density at radius 2 is 2.00 bits per heavy atom. The number of methoxy groups -OCH3 is 1. The summed E-state index contributed by atoms with van der Waals surface area (Å²) in [6, 6.07) is 6.37. The summed E-state index contributed by atoms with van der Waals surface area (Å²) in [7, 11) is 4.68. The minimum absolute atomic E-state index is 0.222. The van der Waals surface area contributed by atoms with Crippen LogP contribution in [0.15, 0.2) is 29.1 Å². The molecule has 0 spiro atoms. The van der Waals surface area contributed by atoms with Crippen molar-refractivity contribution < 1.29 is 14.3 Å². The zero-order chi connectivity index (χ0) is 14.0. The number of aromatic amines is 1. The van der Waals surface area contributed by atoms with Gasteiger partial charge < -0.3 is 19.4 Å². The Morgan fingerprint density at radius 1 is 1.26 bits per heavy atom. The summed E-state index contributed by atoms with van der Waals surface area (Å²) in [6.07, 6.45) is -0.539. The number of pyridine rings is 1. The molecule has 0 fully saturated rings. The van der Waals surface area contributed by atoms with Gasteiger partial charge >= 0.3 is 6.09 Å². The summed E-state index contributed by atoms with van der Waals surface area (Å²) in [5.41, 5.74) is 0.204. The number of carbonyl (C=O) groups is 1. The molecule has 0 unspecified atom stereocenters. The number of amides is 1. The molecule has 0 aliphatic heterocycles. The average molecular weight is 262 g/mol. The quantitative estimate of drug-likeness (QED) is 0.892. The van der Waals surface area contributed by atoms with Crippen molar-refractivity contribution in [1.29, 1.82) is 0 Å². The minimum Gasteiger partial charge on any atom is -0.497 e. The van der Waals surface area contributed by atoms with Gasteiger partial charge in [0.1, 0.15) is 11.5 Å². The molecule has 19 heavy (non-hydrogen) atoms. The maximum Gasteiger partial charge on any atom is 0.414 e. The van der Waals surface area contributed by atoms with Crippen LogP contribution in [-0.2, 0) is 0 Å². The molecule has 2 aromatic rings. The molecule has 1 heterocycles. The number of hydrogen-bond donors (Lipinski definition) is 1. The van der Waals surface area contributed by atoms with E-state index in [2.05, 4.69) is 4.98 Å². The number of H-pyrrole nitrogens is 1. The zero-order valence-electron chi connectivity index (χ0n) is 10.9. The normalized spacial score (nSPS) is 10.3. The SMILES string of the molecule is COc1ccc2c(OC(=O)N(C)C)cc(=O)[nH]c2c1. The average Bonchev–Trinajstić information content (AvgIpc) is 2.37. The summed E-state index contributed by atoms with van der Waals surface area (Å²) in [6.45, 7) is 0. The number of nitrogens with one attached hydrogen (secondary N) is 1. The molecule has 0 aliphatic carbocycles. The monoisotopic (exact) mass is 262 g/mol. The van der Waals surface area contributed by atoms with Crippen LogP contribution >= 0.6 is 0 Å². The molecule has 0 radical (unpaired) electrons. The lowest BCUT2D eigenvalue weighted by molar-refractivity contribution is 0.172. The Labute approximate surface area is 109 Å². The molecule has 6 heteroatoms. The van der Waals surface area contributed by atoms with Gasteiger partial charge in [0.05, 0.1) is 12.6 Å². The van der Waals surface area contributed by atoms with E-state index in [-0.39, 0.29) is 11.3 Å². The van der Waals surface area contributed by atoms with Crippen molar-refractivity contribution in [3.8, 4) is 11.5 Å². The lowest BCUT2D eigenvalue weighted by Gasteiger charge is -2.12. The van der Waals surface area contributed by atoms with Gasteiger partial charge in [-0.2, -0.15) is 0 Å². The third kappa shape index (κ3) is 2.67. The molecule has 0 bridgehead atoms. The summed E-state index contributed by atoms with van der Waals surface area (Å²) in [4.78, 5) is 27.1. The fourth-order valence-corrected chi connectivity index (χ4v) is 1.60. The van der Waals surface area contributed by atoms with Gasteiger partial charge in [-0.25, -0.2) is 4.79 Å². The van der Waals surface area contributed by atoms with Gasteiger partial charge in [-0.1, -0.05) is 0 Å². The van der Waals surface area contributed by atoms with Crippen molar-refractivity contribution in [3.63, 3.8) is 0 Å². The van der Waals surface area contributed by atoms with Crippen LogP contribution in [-0.4, -0.2) is 37.2 Å². The van der Waals surface area contributed by atoms with E-state index in [9.17, 15) is 9.59 Å². The van der Waals surface area contributed by atoms with Crippen molar-refractivity contribution >= 4 is 17.0 Å². The van der Waals surface area contributed by atoms with E-state index in [0.29, 0.717) is 16.7 Å². The van der Waals surface area contributed by atoms with Crippen LogP contribution in [0.3, 0.4) is 0 Å². The molecule has 0 saturated carbocycles. The van der Waals surface area contributed by atoms with Crippen LogP contribution in [0.5, 0.6) is 11.5 Å². The van der Waals surface area contributed by atoms with Crippen molar-refractivity contribution in [2.24, 2.45) is 0 Å². The Balaban J connectivity index is 2.54. The Hall–Kier alpha value is -2.50. The smallest absolute Gasteiger partial charge is 0.414 e. The highest BCUT2D eigenvalue weighted by molar-refractivity contribution is 5.88.